The molecule has 0 spiro atoms. The zero-order valence-electron chi connectivity index (χ0n) is 87.1. The first-order chi connectivity index (χ1) is 67.0. The average Bonchev–Trinajstić information content (AvgIpc) is 1.57. The standard InChI is InChI=1S/3C33H20N2.15C2H6/c1-2-8-23-19(7-1)13-20-14-21-15-22-16-29-28(18-27(22)26(21)17-25(20)23)24-9-3-5-11-31(24)35-32-12-6-4-10-30(32)34-33(29)35;1-2-8-22-19(7-1)16-27-23(22)14-13-20-15-21-17-28-26(18-25(21)32(20)27)24-9-3-5-11-30(24)35-31-12-6-4-10-29(31)34-33(28)35;1-2-8-21-19(7-1)15-26-22(21)13-14-23-25-18-28-24-9-3-5-11-31(24)35-32-12-6-4-10-30(32)34-33(35)29(28)17-20(25)16-27(23)26;15*1-2/h1-12,14,16-18H,13,15H2;2*1-14,17-18H,15-16H2;15*1-2H3. The van der Waals surface area contributed by atoms with Crippen molar-refractivity contribution in [2.24, 2.45) is 0 Å². The molecule has 0 saturated heterocycles. The van der Waals surface area contributed by atoms with Gasteiger partial charge in [-0.1, -0.05) is 402 Å². The van der Waals surface area contributed by atoms with E-state index in [1.807, 2.05) is 208 Å². The fraction of sp³-hybridized carbons (Fsp3) is 0.279. The van der Waals surface area contributed by atoms with Gasteiger partial charge in [0.05, 0.1) is 49.7 Å². The molecule has 0 radical (unpaired) electrons. The Kier molecular flexibility index (Phi) is 37.7. The van der Waals surface area contributed by atoms with Gasteiger partial charge in [-0.25, -0.2) is 15.0 Å². The molecule has 0 fully saturated rings. The number of pyridine rings is 3. The van der Waals surface area contributed by atoms with Crippen molar-refractivity contribution in [3.8, 4) is 66.8 Å². The maximum Gasteiger partial charge on any atom is 0.146 e. The molecule has 0 N–H and O–H groups in total. The molecule has 696 valence electrons. The Labute approximate surface area is 808 Å². The number of imidazole rings is 3. The second-order valence-corrected chi connectivity index (χ2v) is 29.9. The summed E-state index contributed by atoms with van der Waals surface area (Å²) >= 11 is 0. The van der Waals surface area contributed by atoms with Gasteiger partial charge in [0.25, 0.3) is 0 Å². The van der Waals surface area contributed by atoms with Crippen molar-refractivity contribution < 1.29 is 0 Å². The quantitative estimate of drug-likeness (QED) is 0.142. The second kappa shape index (κ2) is 49.1. The van der Waals surface area contributed by atoms with Crippen molar-refractivity contribution in [3.05, 3.63) is 358 Å². The van der Waals surface area contributed by atoms with Crippen molar-refractivity contribution in [3.63, 3.8) is 0 Å². The molecule has 15 aromatic carbocycles. The van der Waals surface area contributed by atoms with Crippen molar-refractivity contribution in [2.75, 3.05) is 0 Å². The van der Waals surface area contributed by atoms with Crippen LogP contribution in [0.3, 0.4) is 0 Å². The Morgan fingerprint density at radius 1 is 0.156 bits per heavy atom. The summed E-state index contributed by atoms with van der Waals surface area (Å²) in [6.45, 7) is 60.0. The van der Waals surface area contributed by atoms with Gasteiger partial charge in [0, 0.05) is 32.3 Å². The van der Waals surface area contributed by atoms with Crippen molar-refractivity contribution >= 4 is 115 Å². The highest BCUT2D eigenvalue weighted by atomic mass is 15.0. The van der Waals surface area contributed by atoms with E-state index in [4.69, 9.17) is 15.0 Å². The lowest BCUT2D eigenvalue weighted by Crippen LogP contribution is -1.93. The molecule has 0 amide bonds. The maximum atomic E-state index is 5.12. The summed E-state index contributed by atoms with van der Waals surface area (Å²) in [5.74, 6) is 0. The number of fused-ring (bicyclic) bond motifs is 44. The molecule has 0 bridgehead atoms. The van der Waals surface area contributed by atoms with Crippen LogP contribution in [-0.4, -0.2) is 28.2 Å². The van der Waals surface area contributed by atoms with Crippen LogP contribution in [0.2, 0.25) is 0 Å². The number of para-hydroxylation sites is 9. The van der Waals surface area contributed by atoms with Crippen LogP contribution in [0, 0.1) is 0 Å². The molecule has 6 aliphatic carbocycles. The van der Waals surface area contributed by atoms with E-state index in [0.717, 1.165) is 72.0 Å². The Morgan fingerprint density at radius 3 is 0.800 bits per heavy atom. The molecule has 6 heteroatoms. The third-order valence-corrected chi connectivity index (χ3v) is 24.6. The minimum Gasteiger partial charge on any atom is -0.292 e. The number of rotatable bonds is 0. The van der Waals surface area contributed by atoms with Gasteiger partial charge in [-0.05, 0) is 285 Å². The molecule has 21 aromatic rings. The third-order valence-electron chi connectivity index (χ3n) is 24.6. The highest BCUT2D eigenvalue weighted by molar-refractivity contribution is 6.19. The van der Waals surface area contributed by atoms with E-state index >= 15 is 0 Å². The van der Waals surface area contributed by atoms with E-state index in [0.29, 0.717) is 0 Å². The molecule has 0 aliphatic heterocycles. The third kappa shape index (κ3) is 18.4. The molecule has 6 nitrogen and oxygen atoms in total. The summed E-state index contributed by atoms with van der Waals surface area (Å²) in [7, 11) is 0. The van der Waals surface area contributed by atoms with Crippen molar-refractivity contribution in [1.29, 1.82) is 0 Å². The number of nitrogens with zero attached hydrogens (tertiary/aromatic N) is 6. The number of aromatic nitrogens is 6. The molecule has 0 atom stereocenters. The summed E-state index contributed by atoms with van der Waals surface area (Å²) < 4.78 is 7.03. The van der Waals surface area contributed by atoms with Gasteiger partial charge in [-0.3, -0.25) is 13.2 Å². The molecule has 6 heterocycles. The van der Waals surface area contributed by atoms with Crippen molar-refractivity contribution in [2.45, 2.75) is 246 Å². The minimum atomic E-state index is 0.990. The van der Waals surface area contributed by atoms with Crippen molar-refractivity contribution in [1.82, 2.24) is 28.2 Å². The number of hydrogen-bond acceptors (Lipinski definition) is 3. The van der Waals surface area contributed by atoms with Gasteiger partial charge in [-0.2, -0.15) is 0 Å². The Bertz CT molecular complexity index is 7600. The average molecular weight is 1780 g/mol. The maximum absolute atomic E-state index is 5.12. The van der Waals surface area contributed by atoms with E-state index in [1.165, 1.54) is 215 Å². The molecule has 0 unspecified atom stereocenters. The largest absolute Gasteiger partial charge is 0.292 e. The summed E-state index contributed by atoms with van der Waals surface area (Å²) in [6, 6.07) is 107. The van der Waals surface area contributed by atoms with E-state index in [-0.39, 0.29) is 0 Å². The lowest BCUT2D eigenvalue weighted by molar-refractivity contribution is 1.16. The van der Waals surface area contributed by atoms with Crippen LogP contribution in [0.15, 0.2) is 291 Å². The van der Waals surface area contributed by atoms with E-state index < -0.39 is 0 Å². The smallest absolute Gasteiger partial charge is 0.146 e. The van der Waals surface area contributed by atoms with Gasteiger partial charge < -0.3 is 0 Å². The highest BCUT2D eigenvalue weighted by Gasteiger charge is 2.33. The first-order valence-corrected chi connectivity index (χ1v) is 52.0. The normalized spacial score (nSPS) is 11.2. The number of benzene rings is 15. The lowest BCUT2D eigenvalue weighted by atomic mass is 9.93. The predicted molar refractivity (Wildman–Crippen MR) is 603 cm³/mol. The predicted octanol–water partition coefficient (Wildman–Crippen LogP) is 39.2. The van der Waals surface area contributed by atoms with E-state index in [2.05, 4.69) is 304 Å². The lowest BCUT2D eigenvalue weighted by Gasteiger charge is -2.13. The SMILES string of the molecule is CC.CC.CC.CC.CC.CC.CC.CC.CC.CC.CC.CC.CC.CC.CC.c1ccc2c(c1)Cc1c-2ccc2c1-c1cc3c4ccccc4n4c5ccccc5nc4c3cc1C2.c1ccc2c(c1)Cc1c-2ccc2c1Cc1cc3c(cc1-2)c1ccccc1n1c2ccccc2nc31.c1ccc2c(c1)Cc1cc3c(cc1-2)-c1cc2c4ccccc4n4c5ccccc5nc4c2cc1C3. The van der Waals surface area contributed by atoms with Crippen LogP contribution in [0.5, 0.6) is 0 Å². The molecule has 27 rings (SSSR count). The van der Waals surface area contributed by atoms with Crippen LogP contribution in [0.4, 0.5) is 0 Å². The molecule has 0 saturated carbocycles. The topological polar surface area (TPSA) is 51.9 Å². The zero-order chi connectivity index (χ0) is 98.0. The first kappa shape index (κ1) is 104. The van der Waals surface area contributed by atoms with E-state index in [1.54, 1.807) is 0 Å². The Balaban J connectivity index is 0.000000184. The van der Waals surface area contributed by atoms with Crippen LogP contribution >= 0.6 is 0 Å². The number of hydrogen-bond donors (Lipinski definition) is 0. The molecule has 135 heavy (non-hydrogen) atoms. The van der Waals surface area contributed by atoms with Crippen LogP contribution in [0.25, 0.3) is 182 Å². The monoisotopic (exact) mass is 1780 g/mol. The van der Waals surface area contributed by atoms with Gasteiger partial charge in [0.15, 0.2) is 0 Å². The van der Waals surface area contributed by atoms with Crippen LogP contribution in [-0.2, 0) is 38.5 Å². The Hall–Kier alpha value is -13.3. The highest BCUT2D eigenvalue weighted by Crippen LogP contribution is 2.53. The van der Waals surface area contributed by atoms with Crippen LogP contribution in [0.1, 0.15) is 274 Å². The summed E-state index contributed by atoms with van der Waals surface area (Å²) in [4.78, 5) is 15.3. The summed E-state index contributed by atoms with van der Waals surface area (Å²) in [5.41, 5.74) is 47.8. The first-order valence-electron chi connectivity index (χ1n) is 52.0. The van der Waals surface area contributed by atoms with E-state index in [9.17, 15) is 0 Å². The molecule has 6 aromatic heterocycles. The Morgan fingerprint density at radius 2 is 0.400 bits per heavy atom. The fourth-order valence-corrected chi connectivity index (χ4v) is 20.1. The summed E-state index contributed by atoms with van der Waals surface area (Å²) in [5, 5.41) is 11.4. The minimum absolute atomic E-state index is 0.990. The molecular formula is C129H150N6. The van der Waals surface area contributed by atoms with Gasteiger partial charge in [0.1, 0.15) is 16.9 Å². The fourth-order valence-electron chi connectivity index (χ4n) is 20.1. The zero-order valence-corrected chi connectivity index (χ0v) is 87.1. The summed E-state index contributed by atoms with van der Waals surface area (Å²) in [6.07, 6.45) is 6.09. The second-order valence-electron chi connectivity index (χ2n) is 29.9. The molecule has 6 aliphatic rings. The molecular weight excluding hydrogens is 1630 g/mol. The van der Waals surface area contributed by atoms with Gasteiger partial charge >= 0.3 is 0 Å². The van der Waals surface area contributed by atoms with Crippen LogP contribution < -0.4 is 0 Å². The van der Waals surface area contributed by atoms with Gasteiger partial charge in [-0.15, -0.1) is 0 Å². The van der Waals surface area contributed by atoms with Gasteiger partial charge in [0.2, 0.25) is 0 Å².